The summed E-state index contributed by atoms with van der Waals surface area (Å²) in [6, 6.07) is 7.50. The van der Waals surface area contributed by atoms with Gasteiger partial charge in [0.25, 0.3) is 15.6 Å². The Kier molecular flexibility index (Phi) is 2.55. The zero-order chi connectivity index (χ0) is 12.6. The quantitative estimate of drug-likeness (QED) is 0.804. The van der Waals surface area contributed by atoms with Crippen molar-refractivity contribution in [2.45, 2.75) is 11.8 Å². The first kappa shape index (κ1) is 11.5. The monoisotopic (exact) mass is 253 g/mol. The lowest BCUT2D eigenvalue weighted by atomic mass is 10.2. The highest BCUT2D eigenvalue weighted by atomic mass is 32.2. The van der Waals surface area contributed by atoms with E-state index in [1.807, 2.05) is 0 Å². The smallest absolute Gasteiger partial charge is 0.283 e. The Bertz CT molecular complexity index is 712. The Labute approximate surface area is 97.7 Å². The van der Waals surface area contributed by atoms with Crippen LogP contribution in [-0.2, 0) is 10.0 Å². The molecule has 17 heavy (non-hydrogen) atoms. The van der Waals surface area contributed by atoms with Crippen molar-refractivity contribution in [1.29, 1.82) is 0 Å². The van der Waals surface area contributed by atoms with E-state index in [-0.39, 0.29) is 10.7 Å². The van der Waals surface area contributed by atoms with E-state index in [1.165, 1.54) is 6.07 Å². The van der Waals surface area contributed by atoms with E-state index in [2.05, 4.69) is 5.10 Å². The van der Waals surface area contributed by atoms with Crippen LogP contribution in [0.1, 0.15) is 5.56 Å². The van der Waals surface area contributed by atoms with Crippen LogP contribution in [0.25, 0.3) is 0 Å². The predicted molar refractivity (Wildman–Crippen MR) is 63.2 cm³/mol. The number of hydrogen-bond acceptors (Lipinski definition) is 4. The first-order chi connectivity index (χ1) is 7.93. The summed E-state index contributed by atoms with van der Waals surface area (Å²) in [5, 5.41) is 2.16. The number of nitrogen functional groups attached to an aromatic ring is 1. The molecule has 0 aliphatic rings. The molecule has 7 heteroatoms. The van der Waals surface area contributed by atoms with Crippen molar-refractivity contribution in [2.24, 2.45) is 0 Å². The molecule has 0 amide bonds. The molecule has 0 radical (unpaired) electrons. The fourth-order valence-corrected chi connectivity index (χ4v) is 3.00. The molecule has 90 valence electrons. The van der Waals surface area contributed by atoms with Crippen LogP contribution in [0.3, 0.4) is 0 Å². The zero-order valence-corrected chi connectivity index (χ0v) is 9.86. The number of nitrogens with one attached hydrogen (secondary N) is 1. The number of aromatic nitrogens is 2. The first-order valence-electron chi connectivity index (χ1n) is 4.81. The molecule has 3 N–H and O–H groups in total. The average molecular weight is 253 g/mol. The van der Waals surface area contributed by atoms with E-state index >= 15 is 0 Å². The maximum Gasteiger partial charge on any atom is 0.283 e. The van der Waals surface area contributed by atoms with Gasteiger partial charge in [-0.15, -0.1) is 0 Å². The third-order valence-electron chi connectivity index (χ3n) is 2.34. The third kappa shape index (κ3) is 1.84. The van der Waals surface area contributed by atoms with Gasteiger partial charge in [-0.2, -0.15) is 12.5 Å². The highest BCUT2D eigenvalue weighted by Gasteiger charge is 2.21. The Morgan fingerprint density at radius 3 is 2.47 bits per heavy atom. The number of rotatable bonds is 2. The number of benzene rings is 1. The minimum absolute atomic E-state index is 0.110. The van der Waals surface area contributed by atoms with Crippen LogP contribution in [0.2, 0.25) is 0 Å². The molecule has 1 heterocycles. The number of aryl methyl sites for hydroxylation is 1. The highest BCUT2D eigenvalue weighted by molar-refractivity contribution is 7.90. The predicted octanol–water partition coefficient (Wildman–Crippen LogP) is 0.304. The van der Waals surface area contributed by atoms with Gasteiger partial charge in [0, 0.05) is 6.07 Å². The first-order valence-corrected chi connectivity index (χ1v) is 6.25. The lowest BCUT2D eigenvalue weighted by Crippen LogP contribution is -2.19. The molecule has 0 aliphatic carbocycles. The van der Waals surface area contributed by atoms with Crippen molar-refractivity contribution >= 4 is 15.8 Å². The topological polar surface area (TPSA) is 98.0 Å². The number of hydrogen-bond donors (Lipinski definition) is 2. The van der Waals surface area contributed by atoms with Crippen LogP contribution in [0, 0.1) is 6.92 Å². The van der Waals surface area contributed by atoms with E-state index < -0.39 is 15.6 Å². The summed E-state index contributed by atoms with van der Waals surface area (Å²) in [4.78, 5) is 11.2. The van der Waals surface area contributed by atoms with Crippen LogP contribution in [0.15, 0.2) is 40.0 Å². The van der Waals surface area contributed by atoms with E-state index in [4.69, 9.17) is 5.73 Å². The maximum atomic E-state index is 12.2. The van der Waals surface area contributed by atoms with Gasteiger partial charge in [-0.1, -0.05) is 18.2 Å². The summed E-state index contributed by atoms with van der Waals surface area (Å²) in [5.41, 5.74) is 5.50. The SMILES string of the molecule is Cc1ccccc1S(=O)(=O)n1[nH]c(=O)cc1N. The van der Waals surface area contributed by atoms with E-state index in [9.17, 15) is 13.2 Å². The van der Waals surface area contributed by atoms with Crippen LogP contribution in [0.4, 0.5) is 5.82 Å². The lowest BCUT2D eigenvalue weighted by molar-refractivity contribution is 0.580. The van der Waals surface area contributed by atoms with Gasteiger partial charge in [0.05, 0.1) is 4.90 Å². The number of nitrogens with zero attached hydrogens (tertiary/aromatic N) is 1. The van der Waals surface area contributed by atoms with Crippen LogP contribution >= 0.6 is 0 Å². The van der Waals surface area contributed by atoms with Crippen LogP contribution in [-0.4, -0.2) is 17.6 Å². The van der Waals surface area contributed by atoms with E-state index in [0.29, 0.717) is 9.65 Å². The van der Waals surface area contributed by atoms with Crippen LogP contribution in [0.5, 0.6) is 0 Å². The molecule has 0 saturated heterocycles. The van der Waals surface area contributed by atoms with Crippen LogP contribution < -0.4 is 11.3 Å². The van der Waals surface area contributed by atoms with Crippen molar-refractivity contribution in [2.75, 3.05) is 5.73 Å². The standard InChI is InChI=1S/C10H11N3O3S/c1-7-4-2-3-5-8(7)17(15,16)13-9(11)6-10(14)12-13/h2-6H,11H2,1H3,(H,12,14). The lowest BCUT2D eigenvalue weighted by Gasteiger charge is -2.08. The molecule has 6 nitrogen and oxygen atoms in total. The molecule has 1 aromatic heterocycles. The number of anilines is 1. The second-order valence-corrected chi connectivity index (χ2v) is 5.34. The second-order valence-electron chi connectivity index (χ2n) is 3.58. The van der Waals surface area contributed by atoms with Gasteiger partial charge in [-0.25, -0.2) is 5.10 Å². The normalized spacial score (nSPS) is 11.6. The van der Waals surface area contributed by atoms with Gasteiger partial charge in [-0.3, -0.25) is 4.79 Å². The Balaban J connectivity index is 2.71. The minimum atomic E-state index is -3.84. The van der Waals surface area contributed by atoms with Gasteiger partial charge >= 0.3 is 0 Å². The van der Waals surface area contributed by atoms with Crippen molar-refractivity contribution in [3.8, 4) is 0 Å². The molecule has 0 saturated carbocycles. The number of nitrogens with two attached hydrogens (primary N) is 1. The largest absolute Gasteiger partial charge is 0.383 e. The van der Waals surface area contributed by atoms with Gasteiger partial charge in [0.2, 0.25) is 0 Å². The maximum absolute atomic E-state index is 12.2. The summed E-state index contributed by atoms with van der Waals surface area (Å²) in [7, 11) is -3.84. The summed E-state index contributed by atoms with van der Waals surface area (Å²) in [6.45, 7) is 1.67. The second kappa shape index (κ2) is 3.77. The van der Waals surface area contributed by atoms with Crippen molar-refractivity contribution < 1.29 is 8.42 Å². The zero-order valence-electron chi connectivity index (χ0n) is 9.04. The van der Waals surface area contributed by atoms with Gasteiger partial charge in [-0.05, 0) is 18.6 Å². The Hall–Kier alpha value is -2.02. The molecule has 0 bridgehead atoms. The molecule has 0 unspecified atom stereocenters. The van der Waals surface area contributed by atoms with Crippen molar-refractivity contribution in [1.82, 2.24) is 9.19 Å². The molecule has 1 aromatic carbocycles. The summed E-state index contributed by atoms with van der Waals surface area (Å²) >= 11 is 0. The number of H-pyrrole nitrogens is 1. The highest BCUT2D eigenvalue weighted by Crippen LogP contribution is 2.18. The van der Waals surface area contributed by atoms with Crippen molar-refractivity contribution in [3.63, 3.8) is 0 Å². The molecular weight excluding hydrogens is 242 g/mol. The molecule has 2 aromatic rings. The van der Waals surface area contributed by atoms with Gasteiger partial charge in [0.1, 0.15) is 5.82 Å². The number of aromatic amines is 1. The van der Waals surface area contributed by atoms with Gasteiger partial charge in [0.15, 0.2) is 0 Å². The average Bonchev–Trinajstić information content (AvgIpc) is 2.59. The molecular formula is C10H11N3O3S. The van der Waals surface area contributed by atoms with Gasteiger partial charge < -0.3 is 5.73 Å². The third-order valence-corrected chi connectivity index (χ3v) is 4.13. The fraction of sp³-hybridized carbons (Fsp3) is 0.100. The summed E-state index contributed by atoms with van der Waals surface area (Å²) < 4.78 is 25.1. The van der Waals surface area contributed by atoms with Crippen molar-refractivity contribution in [3.05, 3.63) is 46.2 Å². The molecule has 2 rings (SSSR count). The Morgan fingerprint density at radius 1 is 1.29 bits per heavy atom. The van der Waals surface area contributed by atoms with E-state index in [1.54, 1.807) is 25.1 Å². The summed E-state index contributed by atoms with van der Waals surface area (Å²) in [5.74, 6) is -0.141. The summed E-state index contributed by atoms with van der Waals surface area (Å²) in [6.07, 6.45) is 0. The van der Waals surface area contributed by atoms with E-state index in [0.717, 1.165) is 6.07 Å². The molecule has 0 atom stereocenters. The Morgan fingerprint density at radius 2 is 1.94 bits per heavy atom. The molecule has 0 fully saturated rings. The minimum Gasteiger partial charge on any atom is -0.383 e. The fourth-order valence-electron chi connectivity index (χ4n) is 1.53. The molecule has 0 spiro atoms. The molecule has 0 aliphatic heterocycles.